The highest BCUT2D eigenvalue weighted by molar-refractivity contribution is 6.33. The van der Waals surface area contributed by atoms with E-state index in [1.54, 1.807) is 12.5 Å². The molecule has 0 aliphatic heterocycles. The Bertz CT molecular complexity index is 1430. The molecule has 0 radical (unpaired) electrons. The fourth-order valence-electron chi connectivity index (χ4n) is 3.72. The molecule has 0 atom stereocenters. The van der Waals surface area contributed by atoms with E-state index in [0.29, 0.717) is 22.9 Å². The van der Waals surface area contributed by atoms with Crippen molar-refractivity contribution in [3.8, 4) is 0 Å². The molecule has 2 aromatic heterocycles. The minimum Gasteiger partial charge on any atom is -0.337 e. The fraction of sp³-hybridized carbons (Fsp3) is 0.0800. The molecule has 7 heteroatoms. The molecule has 32 heavy (non-hydrogen) atoms. The van der Waals surface area contributed by atoms with Gasteiger partial charge in [0.15, 0.2) is 5.82 Å². The number of nitrogens with zero attached hydrogens (tertiary/aromatic N) is 3. The number of rotatable bonds is 5. The predicted molar refractivity (Wildman–Crippen MR) is 129 cm³/mol. The van der Waals surface area contributed by atoms with E-state index in [0.717, 1.165) is 33.4 Å². The van der Waals surface area contributed by atoms with Crippen LogP contribution in [0, 0.1) is 6.92 Å². The van der Waals surface area contributed by atoms with Gasteiger partial charge in [-0.1, -0.05) is 54.1 Å². The Morgan fingerprint density at radius 3 is 2.69 bits per heavy atom. The fourth-order valence-corrected chi connectivity index (χ4v) is 3.99. The van der Waals surface area contributed by atoms with Gasteiger partial charge in [-0.3, -0.25) is 9.20 Å². The molecular formula is C25H20ClN5O. The number of anilines is 3. The van der Waals surface area contributed by atoms with Gasteiger partial charge in [0.05, 0.1) is 40.7 Å². The second kappa shape index (κ2) is 8.32. The standard InChI is InChI=1S/C25H20ClN5O/c1-16-6-5-9-19(26)24(16)30-25-22-14-27-15-31(22)21-11-10-18(13-20(21)29-25)28-23(32)12-17-7-3-2-4-8-17/h2-11,13-15H,12H2,1H3,(H,28,32)(H,29,30). The van der Waals surface area contributed by atoms with Crippen LogP contribution in [-0.4, -0.2) is 20.3 Å². The van der Waals surface area contributed by atoms with E-state index in [9.17, 15) is 4.79 Å². The number of amides is 1. The first-order valence-corrected chi connectivity index (χ1v) is 10.6. The third-order valence-electron chi connectivity index (χ3n) is 5.30. The average molecular weight is 442 g/mol. The van der Waals surface area contributed by atoms with Crippen molar-refractivity contribution in [1.29, 1.82) is 0 Å². The van der Waals surface area contributed by atoms with Crippen LogP contribution in [0.4, 0.5) is 17.2 Å². The SMILES string of the molecule is Cc1cccc(Cl)c1Nc1nc2cc(NC(=O)Cc3ccccc3)ccc2n2cncc12. The van der Waals surface area contributed by atoms with Crippen molar-refractivity contribution < 1.29 is 4.79 Å². The van der Waals surface area contributed by atoms with Crippen LogP contribution in [0.15, 0.2) is 79.3 Å². The summed E-state index contributed by atoms with van der Waals surface area (Å²) in [4.78, 5) is 21.6. The van der Waals surface area contributed by atoms with Crippen molar-refractivity contribution in [3.05, 3.63) is 95.4 Å². The van der Waals surface area contributed by atoms with Crippen molar-refractivity contribution in [1.82, 2.24) is 14.4 Å². The van der Waals surface area contributed by atoms with Gasteiger partial charge in [-0.05, 0) is 42.3 Å². The summed E-state index contributed by atoms with van der Waals surface area (Å²) in [6.45, 7) is 1.99. The Labute approximate surface area is 189 Å². The number of para-hydroxylation sites is 1. The molecule has 6 nitrogen and oxygen atoms in total. The summed E-state index contributed by atoms with van der Waals surface area (Å²) in [6, 6.07) is 21.1. The number of carbonyl (C=O) groups excluding carboxylic acids is 1. The van der Waals surface area contributed by atoms with E-state index in [2.05, 4.69) is 15.6 Å². The Morgan fingerprint density at radius 1 is 1.03 bits per heavy atom. The number of carbonyl (C=O) groups is 1. The largest absolute Gasteiger partial charge is 0.337 e. The van der Waals surface area contributed by atoms with E-state index in [-0.39, 0.29) is 5.91 Å². The highest BCUT2D eigenvalue weighted by atomic mass is 35.5. The molecule has 2 N–H and O–H groups in total. The van der Waals surface area contributed by atoms with E-state index in [1.807, 2.05) is 78.1 Å². The maximum atomic E-state index is 12.5. The Kier molecular flexibility index (Phi) is 5.21. The lowest BCUT2D eigenvalue weighted by molar-refractivity contribution is -0.115. The zero-order valence-corrected chi connectivity index (χ0v) is 18.1. The van der Waals surface area contributed by atoms with Crippen LogP contribution in [0.3, 0.4) is 0 Å². The topological polar surface area (TPSA) is 71.3 Å². The molecule has 1 amide bonds. The molecule has 5 aromatic rings. The number of fused-ring (bicyclic) bond motifs is 3. The van der Waals surface area contributed by atoms with Crippen LogP contribution in [0.25, 0.3) is 16.6 Å². The number of hydrogen-bond donors (Lipinski definition) is 2. The molecule has 0 saturated carbocycles. The maximum Gasteiger partial charge on any atom is 0.228 e. The lowest BCUT2D eigenvalue weighted by atomic mass is 10.1. The summed E-state index contributed by atoms with van der Waals surface area (Å²) in [5.41, 5.74) is 5.91. The van der Waals surface area contributed by atoms with Crippen LogP contribution < -0.4 is 10.6 Å². The van der Waals surface area contributed by atoms with Gasteiger partial charge in [0, 0.05) is 5.69 Å². The quantitative estimate of drug-likeness (QED) is 0.363. The lowest BCUT2D eigenvalue weighted by Crippen LogP contribution is -2.14. The zero-order chi connectivity index (χ0) is 22.1. The molecule has 2 heterocycles. The molecule has 0 bridgehead atoms. The smallest absolute Gasteiger partial charge is 0.228 e. The van der Waals surface area contributed by atoms with Gasteiger partial charge in [-0.2, -0.15) is 0 Å². The van der Waals surface area contributed by atoms with Crippen molar-refractivity contribution in [2.45, 2.75) is 13.3 Å². The van der Waals surface area contributed by atoms with Crippen LogP contribution in [0.1, 0.15) is 11.1 Å². The summed E-state index contributed by atoms with van der Waals surface area (Å²) in [7, 11) is 0. The van der Waals surface area contributed by atoms with Gasteiger partial charge in [-0.15, -0.1) is 0 Å². The number of aryl methyl sites for hydroxylation is 1. The second-order valence-corrected chi connectivity index (χ2v) is 7.99. The number of hydrogen-bond acceptors (Lipinski definition) is 4. The van der Waals surface area contributed by atoms with Crippen molar-refractivity contribution in [3.63, 3.8) is 0 Å². The number of imidazole rings is 1. The lowest BCUT2D eigenvalue weighted by Gasteiger charge is -2.14. The summed E-state index contributed by atoms with van der Waals surface area (Å²) in [5, 5.41) is 6.95. The summed E-state index contributed by atoms with van der Waals surface area (Å²) in [5.74, 6) is 0.559. The highest BCUT2D eigenvalue weighted by Gasteiger charge is 2.13. The van der Waals surface area contributed by atoms with E-state index >= 15 is 0 Å². The summed E-state index contributed by atoms with van der Waals surface area (Å²) in [6.07, 6.45) is 3.82. The highest BCUT2D eigenvalue weighted by Crippen LogP contribution is 2.31. The average Bonchev–Trinajstić information content (AvgIpc) is 3.27. The Hall–Kier alpha value is -3.90. The maximum absolute atomic E-state index is 12.5. The normalized spacial score (nSPS) is 11.1. The zero-order valence-electron chi connectivity index (χ0n) is 17.3. The van der Waals surface area contributed by atoms with Gasteiger partial charge in [-0.25, -0.2) is 9.97 Å². The number of halogens is 1. The van der Waals surface area contributed by atoms with Crippen LogP contribution in [0.2, 0.25) is 5.02 Å². The van der Waals surface area contributed by atoms with Crippen LogP contribution in [0.5, 0.6) is 0 Å². The van der Waals surface area contributed by atoms with Gasteiger partial charge in [0.2, 0.25) is 5.91 Å². The third-order valence-corrected chi connectivity index (χ3v) is 5.62. The van der Waals surface area contributed by atoms with Gasteiger partial charge in [0.25, 0.3) is 0 Å². The molecule has 5 rings (SSSR count). The van der Waals surface area contributed by atoms with E-state index in [4.69, 9.17) is 16.6 Å². The molecule has 0 unspecified atom stereocenters. The first-order valence-electron chi connectivity index (χ1n) is 10.2. The molecule has 3 aromatic carbocycles. The molecule has 0 saturated heterocycles. The summed E-state index contributed by atoms with van der Waals surface area (Å²) < 4.78 is 1.96. The van der Waals surface area contributed by atoms with Crippen LogP contribution in [-0.2, 0) is 11.2 Å². The molecule has 158 valence electrons. The Morgan fingerprint density at radius 2 is 1.88 bits per heavy atom. The van der Waals surface area contributed by atoms with E-state index in [1.165, 1.54) is 0 Å². The van der Waals surface area contributed by atoms with Gasteiger partial charge >= 0.3 is 0 Å². The predicted octanol–water partition coefficient (Wildman–Crippen LogP) is 5.77. The molecule has 0 aliphatic rings. The van der Waals surface area contributed by atoms with Crippen molar-refractivity contribution >= 4 is 51.3 Å². The molecule has 0 fully saturated rings. The minimum absolute atomic E-state index is 0.0794. The monoisotopic (exact) mass is 441 g/mol. The van der Waals surface area contributed by atoms with Crippen LogP contribution >= 0.6 is 11.6 Å². The molecular weight excluding hydrogens is 422 g/mol. The van der Waals surface area contributed by atoms with Crippen molar-refractivity contribution in [2.24, 2.45) is 0 Å². The number of nitrogens with one attached hydrogen (secondary N) is 2. The molecule has 0 aliphatic carbocycles. The molecule has 0 spiro atoms. The number of aromatic nitrogens is 3. The first-order chi connectivity index (χ1) is 15.6. The van der Waals surface area contributed by atoms with Crippen molar-refractivity contribution in [2.75, 3.05) is 10.6 Å². The Balaban J connectivity index is 1.50. The van der Waals surface area contributed by atoms with E-state index < -0.39 is 0 Å². The second-order valence-electron chi connectivity index (χ2n) is 7.58. The summed E-state index contributed by atoms with van der Waals surface area (Å²) >= 11 is 6.41. The first kappa shape index (κ1) is 20.0. The minimum atomic E-state index is -0.0794. The third kappa shape index (κ3) is 3.88. The van der Waals surface area contributed by atoms with Gasteiger partial charge in [0.1, 0.15) is 5.52 Å². The number of benzene rings is 3. The van der Waals surface area contributed by atoms with Gasteiger partial charge < -0.3 is 10.6 Å².